The third-order valence-corrected chi connectivity index (χ3v) is 4.00. The van der Waals surface area contributed by atoms with Crippen molar-refractivity contribution < 1.29 is 19.4 Å². The third kappa shape index (κ3) is 7.26. The molecule has 1 aliphatic rings. The number of amides is 2. The zero-order valence-electron chi connectivity index (χ0n) is 15.6. The van der Waals surface area contributed by atoms with Crippen molar-refractivity contribution in [1.82, 2.24) is 15.6 Å². The van der Waals surface area contributed by atoms with Crippen LogP contribution in [0, 0.1) is 0 Å². The first-order valence-electron chi connectivity index (χ1n) is 8.64. The molecule has 1 aromatic rings. The number of aromatic nitrogens is 1. The van der Waals surface area contributed by atoms with Crippen molar-refractivity contribution in [2.45, 2.75) is 45.3 Å². The topological polar surface area (TPSA) is 116 Å². The molecule has 1 aromatic heterocycles. The number of carboxylic acid groups (broad SMARTS) is 1. The zero-order chi connectivity index (χ0) is 20.0. The summed E-state index contributed by atoms with van der Waals surface area (Å²) in [5, 5.41) is 16.2. The number of carbonyl (C=O) groups is 2. The summed E-state index contributed by atoms with van der Waals surface area (Å²) in [6.45, 7) is 7.09. The van der Waals surface area contributed by atoms with Crippen molar-refractivity contribution in [2.75, 3.05) is 23.3 Å². The summed E-state index contributed by atoms with van der Waals surface area (Å²) >= 11 is 4.85. The van der Waals surface area contributed by atoms with E-state index in [9.17, 15) is 9.59 Å². The Balaban J connectivity index is 1.81. The molecule has 9 nitrogen and oxygen atoms in total. The standard InChI is InChI=1S/C17H25N5O4S/c1-17(2,3)26-16(25)19-11-6-8-22(9-7-11)12-4-5-13(18-10-12)20-14(27)21-15(23)24/h4-5,10-11H,6-9H2,1-3H3,(H,19,25)(H,23,24)(H2,18,20,21,27). The Labute approximate surface area is 163 Å². The second-order valence-electron chi connectivity index (χ2n) is 7.19. The van der Waals surface area contributed by atoms with Crippen LogP contribution in [0.4, 0.5) is 21.1 Å². The number of carbonyl (C=O) groups excluding carboxylic acids is 1. The number of anilines is 2. The van der Waals surface area contributed by atoms with E-state index in [1.54, 1.807) is 12.3 Å². The van der Waals surface area contributed by atoms with Gasteiger partial charge in [0.15, 0.2) is 5.11 Å². The smallest absolute Gasteiger partial charge is 0.410 e. The maximum Gasteiger partial charge on any atom is 0.410 e. The quantitative estimate of drug-likeness (QED) is 0.577. The first kappa shape index (κ1) is 20.7. The van der Waals surface area contributed by atoms with Crippen molar-refractivity contribution in [3.05, 3.63) is 18.3 Å². The minimum atomic E-state index is -1.23. The molecule has 1 fully saturated rings. The molecule has 0 atom stereocenters. The lowest BCUT2D eigenvalue weighted by Gasteiger charge is -2.34. The van der Waals surface area contributed by atoms with E-state index in [0.717, 1.165) is 31.6 Å². The lowest BCUT2D eigenvalue weighted by molar-refractivity contribution is 0.0497. The maximum absolute atomic E-state index is 11.9. The minimum absolute atomic E-state index is 0.0308. The zero-order valence-corrected chi connectivity index (χ0v) is 16.4. The van der Waals surface area contributed by atoms with Crippen LogP contribution in [0.3, 0.4) is 0 Å². The van der Waals surface area contributed by atoms with Crippen molar-refractivity contribution in [3.8, 4) is 0 Å². The molecule has 0 bridgehead atoms. The van der Waals surface area contributed by atoms with Crippen LogP contribution in [0.15, 0.2) is 18.3 Å². The van der Waals surface area contributed by atoms with Gasteiger partial charge in [-0.3, -0.25) is 5.32 Å². The van der Waals surface area contributed by atoms with E-state index in [1.165, 1.54) is 0 Å². The van der Waals surface area contributed by atoms with Gasteiger partial charge in [-0.25, -0.2) is 14.6 Å². The van der Waals surface area contributed by atoms with E-state index in [1.807, 2.05) is 32.2 Å². The van der Waals surface area contributed by atoms with Gasteiger partial charge in [-0.15, -0.1) is 0 Å². The molecular weight excluding hydrogens is 370 g/mol. The van der Waals surface area contributed by atoms with Crippen LogP contribution >= 0.6 is 12.2 Å². The van der Waals surface area contributed by atoms with Gasteiger partial charge in [-0.1, -0.05) is 0 Å². The lowest BCUT2D eigenvalue weighted by atomic mass is 10.0. The van der Waals surface area contributed by atoms with E-state index in [4.69, 9.17) is 22.1 Å². The van der Waals surface area contributed by atoms with Gasteiger partial charge in [0.05, 0.1) is 11.9 Å². The molecule has 0 unspecified atom stereocenters. The number of hydrogen-bond acceptors (Lipinski definition) is 6. The number of hydrogen-bond donors (Lipinski definition) is 4. The molecule has 4 N–H and O–H groups in total. The number of nitrogens with one attached hydrogen (secondary N) is 3. The molecule has 10 heteroatoms. The molecule has 27 heavy (non-hydrogen) atoms. The molecule has 0 radical (unpaired) electrons. The van der Waals surface area contributed by atoms with E-state index in [0.29, 0.717) is 5.82 Å². The SMILES string of the molecule is CC(C)(C)OC(=O)NC1CCN(c2ccc(NC(=S)NC(=O)O)nc2)CC1. The normalized spacial score (nSPS) is 15.0. The Morgan fingerprint density at radius 2 is 1.96 bits per heavy atom. The molecule has 0 spiro atoms. The van der Waals surface area contributed by atoms with Crippen LogP contribution in [-0.2, 0) is 4.74 Å². The van der Waals surface area contributed by atoms with E-state index in [2.05, 4.69) is 20.5 Å². The Hall–Kier alpha value is -2.62. The second kappa shape index (κ2) is 8.85. The Morgan fingerprint density at radius 3 is 2.48 bits per heavy atom. The van der Waals surface area contributed by atoms with Crippen LogP contribution in [0.25, 0.3) is 0 Å². The summed E-state index contributed by atoms with van der Waals surface area (Å²) in [6.07, 6.45) is 1.71. The fourth-order valence-electron chi connectivity index (χ4n) is 2.65. The van der Waals surface area contributed by atoms with Crippen LogP contribution in [0.2, 0.25) is 0 Å². The Kier molecular flexibility index (Phi) is 6.78. The van der Waals surface area contributed by atoms with Crippen LogP contribution in [0.5, 0.6) is 0 Å². The molecule has 0 aliphatic carbocycles. The molecule has 1 aliphatic heterocycles. The first-order valence-corrected chi connectivity index (χ1v) is 9.04. The molecule has 2 rings (SSSR count). The molecule has 148 valence electrons. The van der Waals surface area contributed by atoms with Gasteiger partial charge in [-0.05, 0) is 58.0 Å². The number of thiocarbonyl (C=S) groups is 1. The summed E-state index contributed by atoms with van der Waals surface area (Å²) in [6, 6.07) is 3.71. The summed E-state index contributed by atoms with van der Waals surface area (Å²) in [5.74, 6) is 0.457. The monoisotopic (exact) mass is 395 g/mol. The van der Waals surface area contributed by atoms with Gasteiger partial charge in [-0.2, -0.15) is 0 Å². The fourth-order valence-corrected chi connectivity index (χ4v) is 2.84. The molecular formula is C17H25N5O4S. The average Bonchev–Trinajstić information content (AvgIpc) is 2.53. The first-order chi connectivity index (χ1) is 12.6. The highest BCUT2D eigenvalue weighted by Crippen LogP contribution is 2.20. The van der Waals surface area contributed by atoms with Crippen LogP contribution in [0.1, 0.15) is 33.6 Å². The maximum atomic E-state index is 11.9. The number of rotatable bonds is 3. The van der Waals surface area contributed by atoms with Gasteiger partial charge < -0.3 is 25.4 Å². The summed E-state index contributed by atoms with van der Waals surface area (Å²) in [7, 11) is 0. The highest BCUT2D eigenvalue weighted by molar-refractivity contribution is 7.80. The molecule has 0 saturated carbocycles. The van der Waals surface area contributed by atoms with Crippen molar-refractivity contribution >= 4 is 41.0 Å². The largest absolute Gasteiger partial charge is 0.465 e. The number of piperidine rings is 1. The molecule has 2 heterocycles. The van der Waals surface area contributed by atoms with Gasteiger partial charge in [0.2, 0.25) is 0 Å². The van der Waals surface area contributed by atoms with Gasteiger partial charge >= 0.3 is 12.2 Å². The van der Waals surface area contributed by atoms with Crippen molar-refractivity contribution in [2.24, 2.45) is 0 Å². The highest BCUT2D eigenvalue weighted by atomic mass is 32.1. The molecule has 0 aromatic carbocycles. The van der Waals surface area contributed by atoms with E-state index < -0.39 is 11.7 Å². The summed E-state index contributed by atoms with van der Waals surface area (Å²) < 4.78 is 5.29. The Bertz CT molecular complexity index is 682. The molecule has 1 saturated heterocycles. The van der Waals surface area contributed by atoms with Crippen molar-refractivity contribution in [3.63, 3.8) is 0 Å². The second-order valence-corrected chi connectivity index (χ2v) is 7.60. The van der Waals surface area contributed by atoms with Gasteiger partial charge in [0.1, 0.15) is 11.4 Å². The van der Waals surface area contributed by atoms with Crippen molar-refractivity contribution in [1.29, 1.82) is 0 Å². The third-order valence-electron chi connectivity index (χ3n) is 3.79. The predicted molar refractivity (Wildman–Crippen MR) is 106 cm³/mol. The van der Waals surface area contributed by atoms with E-state index >= 15 is 0 Å². The summed E-state index contributed by atoms with van der Waals surface area (Å²) in [5.41, 5.74) is 0.447. The number of ether oxygens (including phenoxy) is 1. The lowest BCUT2D eigenvalue weighted by Crippen LogP contribution is -2.46. The Morgan fingerprint density at radius 1 is 1.30 bits per heavy atom. The van der Waals surface area contributed by atoms with Gasteiger partial charge in [0.25, 0.3) is 0 Å². The number of alkyl carbamates (subject to hydrolysis) is 1. The summed E-state index contributed by atoms with van der Waals surface area (Å²) in [4.78, 5) is 28.8. The van der Waals surface area contributed by atoms with Crippen LogP contribution < -0.4 is 20.9 Å². The molecule has 2 amide bonds. The van der Waals surface area contributed by atoms with Gasteiger partial charge in [0, 0.05) is 19.1 Å². The average molecular weight is 395 g/mol. The fraction of sp³-hybridized carbons (Fsp3) is 0.529. The number of nitrogens with zero attached hydrogens (tertiary/aromatic N) is 2. The minimum Gasteiger partial charge on any atom is -0.465 e. The number of pyridine rings is 1. The predicted octanol–water partition coefficient (Wildman–Crippen LogP) is 2.54. The van der Waals surface area contributed by atoms with E-state index in [-0.39, 0.29) is 17.2 Å². The highest BCUT2D eigenvalue weighted by Gasteiger charge is 2.23. The van der Waals surface area contributed by atoms with Crippen LogP contribution in [-0.4, -0.2) is 52.1 Å².